The normalized spacial score (nSPS) is 13.4. The van der Waals surface area contributed by atoms with Crippen LogP contribution in [-0.2, 0) is 23.8 Å². The predicted molar refractivity (Wildman–Crippen MR) is 214 cm³/mol. The number of unbranched alkanes of at least 4 members (excludes halogenated alkanes) is 5. The maximum Gasteiger partial charge on any atom is 0.309 e. The minimum atomic E-state index is -0.614. The van der Waals surface area contributed by atoms with E-state index in [9.17, 15) is 9.59 Å². The third kappa shape index (κ3) is 37.4. The van der Waals surface area contributed by atoms with Crippen molar-refractivity contribution >= 4 is 11.9 Å². The van der Waals surface area contributed by atoms with Gasteiger partial charge in [0, 0.05) is 13.0 Å². The molecule has 0 aliphatic carbocycles. The van der Waals surface area contributed by atoms with Crippen LogP contribution in [0.3, 0.4) is 0 Å². The van der Waals surface area contributed by atoms with Crippen LogP contribution in [0.5, 0.6) is 0 Å². The Hall–Kier alpha value is -3.44. The number of hydrogen-bond acceptors (Lipinski definition) is 5. The molecule has 50 heavy (non-hydrogen) atoms. The molecule has 1 unspecified atom stereocenters. The zero-order valence-corrected chi connectivity index (χ0v) is 31.9. The number of carbonyl (C=O) groups excluding carboxylic acids is 2. The van der Waals surface area contributed by atoms with Crippen LogP contribution >= 0.6 is 0 Å². The Morgan fingerprint density at radius 3 is 1.42 bits per heavy atom. The van der Waals surface area contributed by atoms with Crippen LogP contribution in [0.2, 0.25) is 0 Å². The van der Waals surface area contributed by atoms with Gasteiger partial charge in [-0.25, -0.2) is 0 Å². The highest BCUT2D eigenvalue weighted by atomic mass is 16.6. The van der Waals surface area contributed by atoms with Crippen molar-refractivity contribution in [2.24, 2.45) is 0 Å². The van der Waals surface area contributed by atoms with Crippen LogP contribution in [0.1, 0.15) is 136 Å². The predicted octanol–water partition coefficient (Wildman–Crippen LogP) is 12.5. The van der Waals surface area contributed by atoms with Gasteiger partial charge in [-0.2, -0.15) is 0 Å². The van der Waals surface area contributed by atoms with E-state index >= 15 is 0 Å². The maximum absolute atomic E-state index is 12.6. The molecule has 0 rings (SSSR count). The number of hydrogen-bond donors (Lipinski definition) is 0. The van der Waals surface area contributed by atoms with Gasteiger partial charge in [0.1, 0.15) is 6.61 Å². The molecule has 0 amide bonds. The van der Waals surface area contributed by atoms with Gasteiger partial charge in [0.05, 0.1) is 13.0 Å². The summed E-state index contributed by atoms with van der Waals surface area (Å²) in [5, 5.41) is 0. The summed E-state index contributed by atoms with van der Waals surface area (Å²) in [4.78, 5) is 24.9. The Morgan fingerprint density at radius 2 is 0.920 bits per heavy atom. The molecule has 0 radical (unpaired) electrons. The molecule has 0 bridgehead atoms. The average molecular weight is 691 g/mol. The van der Waals surface area contributed by atoms with Crippen molar-refractivity contribution in [3.63, 3.8) is 0 Å². The zero-order chi connectivity index (χ0) is 36.4. The van der Waals surface area contributed by atoms with E-state index in [0.717, 1.165) is 70.6 Å². The van der Waals surface area contributed by atoms with Crippen LogP contribution in [0.25, 0.3) is 0 Å². The first-order valence-corrected chi connectivity index (χ1v) is 19.4. The summed E-state index contributed by atoms with van der Waals surface area (Å²) < 4.78 is 16.9. The summed E-state index contributed by atoms with van der Waals surface area (Å²) in [6, 6.07) is 0. The Labute approximate surface area is 306 Å². The van der Waals surface area contributed by atoms with Crippen molar-refractivity contribution in [1.82, 2.24) is 0 Å². The second kappa shape index (κ2) is 40.0. The molecule has 0 saturated heterocycles. The van der Waals surface area contributed by atoms with E-state index in [4.69, 9.17) is 14.2 Å². The van der Waals surface area contributed by atoms with Crippen LogP contribution < -0.4 is 0 Å². The number of carbonyl (C=O) groups is 2. The summed E-state index contributed by atoms with van der Waals surface area (Å²) in [7, 11) is 0. The quantitative estimate of drug-likeness (QED) is 0.0390. The lowest BCUT2D eigenvalue weighted by molar-refractivity contribution is -0.162. The maximum atomic E-state index is 12.6. The summed E-state index contributed by atoms with van der Waals surface area (Å²) in [5.74, 6) is -0.655. The lowest BCUT2D eigenvalue weighted by atomic mass is 10.1. The smallest absolute Gasteiger partial charge is 0.309 e. The van der Waals surface area contributed by atoms with Crippen molar-refractivity contribution in [3.8, 4) is 0 Å². The molecule has 0 N–H and O–H groups in total. The number of ether oxygens (including phenoxy) is 3. The molecule has 5 heteroatoms. The third-order valence-electron chi connectivity index (χ3n) is 7.35. The molecule has 280 valence electrons. The third-order valence-corrected chi connectivity index (χ3v) is 7.35. The van der Waals surface area contributed by atoms with E-state index in [2.05, 4.69) is 112 Å². The summed E-state index contributed by atoms with van der Waals surface area (Å²) >= 11 is 0. The largest absolute Gasteiger partial charge is 0.461 e. The molecule has 0 saturated carbocycles. The summed E-state index contributed by atoms with van der Waals surface area (Å²) in [5.41, 5.74) is 0. The Kier molecular flexibility index (Phi) is 37.2. The van der Waals surface area contributed by atoms with E-state index < -0.39 is 6.10 Å². The van der Waals surface area contributed by atoms with E-state index in [0.29, 0.717) is 13.0 Å². The molecular weight excluding hydrogens is 620 g/mol. The van der Waals surface area contributed by atoms with Gasteiger partial charge in [-0.15, -0.1) is 0 Å². The molecule has 0 fully saturated rings. The van der Waals surface area contributed by atoms with E-state index in [1.54, 1.807) is 0 Å². The summed E-state index contributed by atoms with van der Waals surface area (Å²) in [6.45, 7) is 7.32. The highest BCUT2D eigenvalue weighted by Crippen LogP contribution is 2.07. The molecule has 1 atom stereocenters. The van der Waals surface area contributed by atoms with Gasteiger partial charge in [0.25, 0.3) is 0 Å². The molecule has 5 nitrogen and oxygen atoms in total. The minimum absolute atomic E-state index is 0.00421. The fourth-order valence-electron chi connectivity index (χ4n) is 4.53. The Bertz CT molecular complexity index is 1050. The minimum Gasteiger partial charge on any atom is -0.461 e. The van der Waals surface area contributed by atoms with Crippen molar-refractivity contribution in [2.45, 2.75) is 142 Å². The molecule has 0 heterocycles. The first-order chi connectivity index (χ1) is 24.6. The first-order valence-electron chi connectivity index (χ1n) is 19.4. The SMILES string of the molecule is CC/C=C\C/C=C\C/C=C\C/C=C\C/C=C\CC(=O)OCC(COCCCCCCCC)OC(=O)CC/C=C\C/C=C\C/C=C\C/C=C\CC. The van der Waals surface area contributed by atoms with Crippen molar-refractivity contribution in [1.29, 1.82) is 0 Å². The number of rotatable bonds is 33. The van der Waals surface area contributed by atoms with Gasteiger partial charge in [-0.3, -0.25) is 9.59 Å². The van der Waals surface area contributed by atoms with Crippen molar-refractivity contribution in [2.75, 3.05) is 19.8 Å². The van der Waals surface area contributed by atoms with Gasteiger partial charge in [-0.1, -0.05) is 162 Å². The highest BCUT2D eigenvalue weighted by Gasteiger charge is 2.17. The van der Waals surface area contributed by atoms with E-state index in [-0.39, 0.29) is 38.0 Å². The van der Waals surface area contributed by atoms with Gasteiger partial charge in [0.2, 0.25) is 0 Å². The first kappa shape index (κ1) is 46.6. The number of allylic oxidation sites excluding steroid dienone is 17. The molecule has 0 aliphatic rings. The second-order valence-electron chi connectivity index (χ2n) is 12.1. The topological polar surface area (TPSA) is 61.8 Å². The Balaban J connectivity index is 4.45. The van der Waals surface area contributed by atoms with Crippen LogP contribution in [0, 0.1) is 0 Å². The van der Waals surface area contributed by atoms with Crippen molar-refractivity contribution < 1.29 is 23.8 Å². The standard InChI is InChI=1S/C45H70O5/c1-4-7-10-13-16-18-20-22-23-25-26-28-30-32-35-38-44(46)49-42-43(41-48-40-37-34-15-12-9-6-3)50-45(47)39-36-33-31-29-27-24-21-19-17-14-11-8-5-2/h7-8,10-11,16-19,22-24,26-28,31-33,35,43H,4-6,9,12-15,20-21,25,29-30,34,36-42H2,1-3H3/b10-7-,11-8-,18-16-,19-17-,23-22-,27-24-,28-26-,33-31-,35-32-. The number of esters is 2. The molecule has 0 aromatic heterocycles. The van der Waals surface area contributed by atoms with Crippen LogP contribution in [-0.4, -0.2) is 37.9 Å². The van der Waals surface area contributed by atoms with Gasteiger partial charge < -0.3 is 14.2 Å². The molecule has 0 aromatic rings. The van der Waals surface area contributed by atoms with Crippen LogP contribution in [0.4, 0.5) is 0 Å². The highest BCUT2D eigenvalue weighted by molar-refractivity contribution is 5.71. The lowest BCUT2D eigenvalue weighted by Crippen LogP contribution is -2.30. The van der Waals surface area contributed by atoms with Gasteiger partial charge in [-0.05, 0) is 70.6 Å². The zero-order valence-electron chi connectivity index (χ0n) is 31.9. The lowest BCUT2D eigenvalue weighted by Gasteiger charge is -2.18. The molecule has 0 aliphatic heterocycles. The van der Waals surface area contributed by atoms with Gasteiger partial charge >= 0.3 is 11.9 Å². The average Bonchev–Trinajstić information content (AvgIpc) is 3.11. The second-order valence-corrected chi connectivity index (χ2v) is 12.1. The summed E-state index contributed by atoms with van der Waals surface area (Å²) in [6.07, 6.45) is 54.1. The van der Waals surface area contributed by atoms with E-state index in [1.807, 2.05) is 18.2 Å². The van der Waals surface area contributed by atoms with Crippen molar-refractivity contribution in [3.05, 3.63) is 109 Å². The molecular formula is C45H70O5. The van der Waals surface area contributed by atoms with Gasteiger partial charge in [0.15, 0.2) is 6.10 Å². The monoisotopic (exact) mass is 691 g/mol. The Morgan fingerprint density at radius 1 is 0.480 bits per heavy atom. The van der Waals surface area contributed by atoms with E-state index in [1.165, 1.54) is 25.7 Å². The molecule has 0 spiro atoms. The van der Waals surface area contributed by atoms with Crippen LogP contribution in [0.15, 0.2) is 109 Å². The fourth-order valence-corrected chi connectivity index (χ4v) is 4.53. The fraction of sp³-hybridized carbons (Fsp3) is 0.556. The molecule has 0 aromatic carbocycles.